The van der Waals surface area contributed by atoms with Crippen molar-refractivity contribution in [1.29, 1.82) is 0 Å². The van der Waals surface area contributed by atoms with Gasteiger partial charge in [0, 0.05) is 11.5 Å². The minimum Gasteiger partial charge on any atom is -0.462 e. The number of hydrogen-bond donors (Lipinski definition) is 0. The molecule has 0 aromatic heterocycles. The van der Waals surface area contributed by atoms with Gasteiger partial charge in [-0.1, -0.05) is 20.4 Å². The Labute approximate surface area is 107 Å². The summed E-state index contributed by atoms with van der Waals surface area (Å²) in [5.41, 5.74) is -0.458. The first kappa shape index (κ1) is 13.1. The fourth-order valence-electron chi connectivity index (χ4n) is 3.27. The van der Waals surface area contributed by atoms with Crippen LogP contribution in [0.1, 0.15) is 33.6 Å². The Kier molecular flexibility index (Phi) is 2.99. The van der Waals surface area contributed by atoms with E-state index in [0.717, 1.165) is 18.9 Å². The van der Waals surface area contributed by atoms with E-state index in [1.54, 1.807) is 0 Å². The van der Waals surface area contributed by atoms with Crippen LogP contribution in [-0.4, -0.2) is 24.1 Å². The zero-order valence-corrected chi connectivity index (χ0v) is 11.2. The lowest BCUT2D eigenvalue weighted by atomic mass is 9.67. The first-order chi connectivity index (χ1) is 8.32. The summed E-state index contributed by atoms with van der Waals surface area (Å²) in [5, 5.41) is 0. The molecule has 2 rings (SSSR count). The van der Waals surface area contributed by atoms with E-state index in [-0.39, 0.29) is 35.4 Å². The largest absolute Gasteiger partial charge is 0.462 e. The van der Waals surface area contributed by atoms with Crippen LogP contribution in [0.3, 0.4) is 0 Å². The maximum Gasteiger partial charge on any atom is 0.330 e. The summed E-state index contributed by atoms with van der Waals surface area (Å²) in [6.45, 7) is 9.68. The molecule has 1 saturated heterocycles. The summed E-state index contributed by atoms with van der Waals surface area (Å²) in [6, 6.07) is 0. The molecule has 2 bridgehead atoms. The molecule has 0 amide bonds. The second kappa shape index (κ2) is 4.11. The Balaban J connectivity index is 2.15. The SMILES string of the molecule is C=CC(=O)OCC1C(=O)OC2(C)CCC1C2(C)C. The van der Waals surface area contributed by atoms with Crippen molar-refractivity contribution in [2.24, 2.45) is 17.3 Å². The van der Waals surface area contributed by atoms with Gasteiger partial charge in [-0.05, 0) is 25.7 Å². The molecular weight excluding hydrogens is 232 g/mol. The zero-order chi connectivity index (χ0) is 13.6. The quantitative estimate of drug-likeness (QED) is 0.570. The molecule has 2 aliphatic rings. The highest BCUT2D eigenvalue weighted by Gasteiger charge is 2.62. The second-order valence-corrected chi connectivity index (χ2v) is 5.96. The predicted molar refractivity (Wildman–Crippen MR) is 65.6 cm³/mol. The second-order valence-electron chi connectivity index (χ2n) is 5.96. The highest BCUT2D eigenvalue weighted by Crippen LogP contribution is 2.58. The van der Waals surface area contributed by atoms with Crippen LogP contribution in [0.5, 0.6) is 0 Å². The van der Waals surface area contributed by atoms with Crippen molar-refractivity contribution in [2.45, 2.75) is 39.2 Å². The Bertz CT molecular complexity index is 399. The Morgan fingerprint density at radius 2 is 2.22 bits per heavy atom. The zero-order valence-electron chi connectivity index (χ0n) is 11.2. The lowest BCUT2D eigenvalue weighted by molar-refractivity contribution is -0.197. The van der Waals surface area contributed by atoms with Gasteiger partial charge in [0.1, 0.15) is 12.2 Å². The topological polar surface area (TPSA) is 52.6 Å². The van der Waals surface area contributed by atoms with E-state index in [2.05, 4.69) is 20.4 Å². The van der Waals surface area contributed by atoms with Gasteiger partial charge >= 0.3 is 11.9 Å². The fourth-order valence-corrected chi connectivity index (χ4v) is 3.27. The maximum atomic E-state index is 12.0. The number of rotatable bonds is 3. The molecule has 2 fully saturated rings. The molecule has 1 aliphatic carbocycles. The number of hydrogen-bond acceptors (Lipinski definition) is 4. The van der Waals surface area contributed by atoms with E-state index in [1.807, 2.05) is 6.92 Å². The number of esters is 2. The van der Waals surface area contributed by atoms with Gasteiger partial charge in [-0.25, -0.2) is 4.79 Å². The molecule has 0 spiro atoms. The van der Waals surface area contributed by atoms with Gasteiger partial charge in [0.25, 0.3) is 0 Å². The van der Waals surface area contributed by atoms with Crippen molar-refractivity contribution in [1.82, 2.24) is 0 Å². The summed E-state index contributed by atoms with van der Waals surface area (Å²) >= 11 is 0. The Morgan fingerprint density at radius 3 is 2.83 bits per heavy atom. The molecule has 100 valence electrons. The molecule has 4 heteroatoms. The Hall–Kier alpha value is -1.32. The van der Waals surface area contributed by atoms with Crippen molar-refractivity contribution in [3.63, 3.8) is 0 Å². The lowest BCUT2D eigenvalue weighted by Gasteiger charge is -2.47. The van der Waals surface area contributed by atoms with E-state index in [1.165, 1.54) is 0 Å². The molecule has 1 saturated carbocycles. The van der Waals surface area contributed by atoms with E-state index < -0.39 is 5.97 Å². The van der Waals surface area contributed by atoms with Crippen LogP contribution in [0.15, 0.2) is 12.7 Å². The van der Waals surface area contributed by atoms with Crippen molar-refractivity contribution in [3.05, 3.63) is 12.7 Å². The highest BCUT2D eigenvalue weighted by molar-refractivity contribution is 5.82. The average molecular weight is 252 g/mol. The summed E-state index contributed by atoms with van der Waals surface area (Å²) in [6.07, 6.45) is 2.92. The minimum absolute atomic E-state index is 0.0772. The average Bonchev–Trinajstić information content (AvgIpc) is 2.45. The number of carbonyl (C=O) groups is 2. The monoisotopic (exact) mass is 252 g/mol. The molecule has 1 heterocycles. The van der Waals surface area contributed by atoms with Gasteiger partial charge < -0.3 is 9.47 Å². The molecule has 0 radical (unpaired) electrons. The molecule has 0 N–H and O–H groups in total. The number of ether oxygens (including phenoxy) is 2. The van der Waals surface area contributed by atoms with Gasteiger partial charge in [0.2, 0.25) is 0 Å². The smallest absolute Gasteiger partial charge is 0.330 e. The third-order valence-electron chi connectivity index (χ3n) is 4.91. The standard InChI is InChI=1S/C14H20O4/c1-5-11(15)17-8-9-10-6-7-14(4,13(10,2)3)18-12(9)16/h5,9-10H,1,6-8H2,2-4H3. The van der Waals surface area contributed by atoms with Crippen LogP contribution >= 0.6 is 0 Å². The molecular formula is C14H20O4. The summed E-state index contributed by atoms with van der Waals surface area (Å²) in [7, 11) is 0. The van der Waals surface area contributed by atoms with Gasteiger partial charge in [-0.2, -0.15) is 0 Å². The van der Waals surface area contributed by atoms with Crippen molar-refractivity contribution in [3.8, 4) is 0 Å². The maximum absolute atomic E-state index is 12.0. The predicted octanol–water partition coefficient (Wildman–Crippen LogP) is 2.08. The molecule has 0 aromatic rings. The van der Waals surface area contributed by atoms with Crippen LogP contribution in [0, 0.1) is 17.3 Å². The minimum atomic E-state index is -0.494. The van der Waals surface area contributed by atoms with E-state index >= 15 is 0 Å². The first-order valence-corrected chi connectivity index (χ1v) is 6.34. The van der Waals surface area contributed by atoms with Crippen LogP contribution in [0.2, 0.25) is 0 Å². The lowest BCUT2D eigenvalue weighted by Crippen LogP contribution is -2.53. The van der Waals surface area contributed by atoms with Gasteiger partial charge in [0.15, 0.2) is 0 Å². The van der Waals surface area contributed by atoms with Crippen LogP contribution in [-0.2, 0) is 19.1 Å². The summed E-state index contributed by atoms with van der Waals surface area (Å²) < 4.78 is 10.6. The third kappa shape index (κ3) is 1.74. The summed E-state index contributed by atoms with van der Waals surface area (Å²) in [5.74, 6) is -0.871. The molecule has 3 atom stereocenters. The normalized spacial score (nSPS) is 36.9. The van der Waals surface area contributed by atoms with Crippen molar-refractivity contribution >= 4 is 11.9 Å². The van der Waals surface area contributed by atoms with Crippen LogP contribution < -0.4 is 0 Å². The van der Waals surface area contributed by atoms with Crippen LogP contribution in [0.4, 0.5) is 0 Å². The number of fused-ring (bicyclic) bond motifs is 2. The van der Waals surface area contributed by atoms with E-state index in [9.17, 15) is 9.59 Å². The third-order valence-corrected chi connectivity index (χ3v) is 4.91. The van der Waals surface area contributed by atoms with Gasteiger partial charge in [0.05, 0.1) is 5.92 Å². The van der Waals surface area contributed by atoms with E-state index in [4.69, 9.17) is 9.47 Å². The molecule has 3 unspecified atom stereocenters. The van der Waals surface area contributed by atoms with E-state index in [0.29, 0.717) is 0 Å². The molecule has 0 aromatic carbocycles. The van der Waals surface area contributed by atoms with Gasteiger partial charge in [-0.3, -0.25) is 4.79 Å². The first-order valence-electron chi connectivity index (χ1n) is 6.34. The molecule has 1 aliphatic heterocycles. The summed E-state index contributed by atoms with van der Waals surface area (Å²) in [4.78, 5) is 23.1. The molecule has 4 nitrogen and oxygen atoms in total. The Morgan fingerprint density at radius 1 is 1.56 bits per heavy atom. The fraction of sp³-hybridized carbons (Fsp3) is 0.714. The van der Waals surface area contributed by atoms with Crippen LogP contribution in [0.25, 0.3) is 0 Å². The highest BCUT2D eigenvalue weighted by atomic mass is 16.6. The van der Waals surface area contributed by atoms with Crippen molar-refractivity contribution in [2.75, 3.05) is 6.61 Å². The van der Waals surface area contributed by atoms with Crippen molar-refractivity contribution < 1.29 is 19.1 Å². The van der Waals surface area contributed by atoms with Gasteiger partial charge in [-0.15, -0.1) is 0 Å². The number of carbonyl (C=O) groups excluding carboxylic acids is 2. The molecule has 18 heavy (non-hydrogen) atoms.